The third-order valence-corrected chi connectivity index (χ3v) is 6.01. The van der Waals surface area contributed by atoms with Crippen LogP contribution in [0.5, 0.6) is 5.75 Å². The number of amides is 1. The number of hydrogen-bond acceptors (Lipinski definition) is 3. The summed E-state index contributed by atoms with van der Waals surface area (Å²) in [5.74, 6) is 0.593. The number of benzene rings is 2. The van der Waals surface area contributed by atoms with Crippen molar-refractivity contribution in [2.24, 2.45) is 0 Å². The highest BCUT2D eigenvalue weighted by molar-refractivity contribution is 9.11. The topological polar surface area (TPSA) is 62.4 Å². The van der Waals surface area contributed by atoms with Crippen molar-refractivity contribution in [2.45, 2.75) is 32.9 Å². The Morgan fingerprint density at radius 3 is 2.50 bits per heavy atom. The van der Waals surface area contributed by atoms with Crippen LogP contribution in [0, 0.1) is 0 Å². The van der Waals surface area contributed by atoms with E-state index in [1.54, 1.807) is 0 Å². The number of allylic oxidation sites excluding steroid dienone is 1. The van der Waals surface area contributed by atoms with E-state index < -0.39 is 0 Å². The fourth-order valence-electron chi connectivity index (χ4n) is 3.21. The SMILES string of the molecule is CCCOc1c(Br)cc([C@@H]2NC(=S)NC(C)=C2C(=O)NCc2ccccc2)cc1Br. The Balaban J connectivity index is 1.89. The summed E-state index contributed by atoms with van der Waals surface area (Å²) in [4.78, 5) is 13.1. The molecular formula is C22H23Br2N3O2S. The van der Waals surface area contributed by atoms with Gasteiger partial charge in [-0.3, -0.25) is 4.79 Å². The molecule has 1 aliphatic rings. The molecule has 0 unspecified atom stereocenters. The van der Waals surface area contributed by atoms with E-state index in [4.69, 9.17) is 17.0 Å². The lowest BCUT2D eigenvalue weighted by molar-refractivity contribution is -0.118. The zero-order valence-electron chi connectivity index (χ0n) is 16.7. The summed E-state index contributed by atoms with van der Waals surface area (Å²) in [7, 11) is 0. The van der Waals surface area contributed by atoms with Crippen LogP contribution in [0.3, 0.4) is 0 Å². The van der Waals surface area contributed by atoms with Gasteiger partial charge in [-0.1, -0.05) is 37.3 Å². The molecule has 3 N–H and O–H groups in total. The predicted molar refractivity (Wildman–Crippen MR) is 130 cm³/mol. The van der Waals surface area contributed by atoms with E-state index in [-0.39, 0.29) is 11.9 Å². The highest BCUT2D eigenvalue weighted by atomic mass is 79.9. The number of nitrogens with one attached hydrogen (secondary N) is 3. The number of thiocarbonyl (C=S) groups is 1. The van der Waals surface area contributed by atoms with Crippen LogP contribution < -0.4 is 20.7 Å². The number of halogens is 2. The van der Waals surface area contributed by atoms with Crippen molar-refractivity contribution in [3.63, 3.8) is 0 Å². The van der Waals surface area contributed by atoms with Crippen molar-refractivity contribution in [3.8, 4) is 5.75 Å². The first-order valence-corrected chi connectivity index (χ1v) is 11.6. The highest BCUT2D eigenvalue weighted by Gasteiger charge is 2.30. The van der Waals surface area contributed by atoms with E-state index in [0.717, 1.165) is 37.9 Å². The summed E-state index contributed by atoms with van der Waals surface area (Å²) in [6.07, 6.45) is 0.915. The largest absolute Gasteiger partial charge is 0.491 e. The molecule has 0 aliphatic carbocycles. The Morgan fingerprint density at radius 2 is 1.87 bits per heavy atom. The van der Waals surface area contributed by atoms with Gasteiger partial charge >= 0.3 is 0 Å². The normalized spacial score (nSPS) is 16.0. The van der Waals surface area contributed by atoms with E-state index in [2.05, 4.69) is 54.7 Å². The van der Waals surface area contributed by atoms with Gasteiger partial charge in [0.25, 0.3) is 5.91 Å². The Bertz CT molecular complexity index is 957. The van der Waals surface area contributed by atoms with E-state index in [1.165, 1.54) is 0 Å². The Morgan fingerprint density at radius 1 is 1.20 bits per heavy atom. The van der Waals surface area contributed by atoms with Gasteiger partial charge in [0.05, 0.1) is 27.2 Å². The van der Waals surface area contributed by atoms with Gasteiger partial charge in [-0.05, 0) is 80.7 Å². The molecule has 0 aromatic heterocycles. The van der Waals surface area contributed by atoms with Crippen molar-refractivity contribution < 1.29 is 9.53 Å². The van der Waals surface area contributed by atoms with Crippen LogP contribution in [0.4, 0.5) is 0 Å². The smallest absolute Gasteiger partial charge is 0.251 e. The minimum absolute atomic E-state index is 0.151. The molecule has 1 heterocycles. The zero-order chi connectivity index (χ0) is 21.7. The summed E-state index contributed by atoms with van der Waals surface area (Å²) in [6.45, 7) is 4.99. The molecule has 0 spiro atoms. The van der Waals surface area contributed by atoms with Gasteiger partial charge in [0.15, 0.2) is 5.11 Å². The maximum Gasteiger partial charge on any atom is 0.251 e. The second-order valence-electron chi connectivity index (χ2n) is 6.90. The molecule has 8 heteroatoms. The monoisotopic (exact) mass is 551 g/mol. The van der Waals surface area contributed by atoms with Gasteiger partial charge in [0, 0.05) is 12.2 Å². The fourth-order valence-corrected chi connectivity index (χ4v) is 4.93. The Hall–Kier alpha value is -1.90. The van der Waals surface area contributed by atoms with Gasteiger partial charge in [0.1, 0.15) is 5.75 Å². The first kappa shape index (κ1) is 22.8. The molecule has 0 radical (unpaired) electrons. The molecule has 0 fully saturated rings. The molecule has 0 saturated carbocycles. The lowest BCUT2D eigenvalue weighted by Crippen LogP contribution is -2.46. The van der Waals surface area contributed by atoms with Gasteiger partial charge in [-0.15, -0.1) is 0 Å². The van der Waals surface area contributed by atoms with Gasteiger partial charge in [-0.2, -0.15) is 0 Å². The van der Waals surface area contributed by atoms with Crippen molar-refractivity contribution in [1.82, 2.24) is 16.0 Å². The zero-order valence-corrected chi connectivity index (χ0v) is 20.7. The molecule has 2 aromatic carbocycles. The summed E-state index contributed by atoms with van der Waals surface area (Å²) in [5.41, 5.74) is 3.26. The molecule has 158 valence electrons. The van der Waals surface area contributed by atoms with Crippen molar-refractivity contribution in [3.05, 3.63) is 73.8 Å². The van der Waals surface area contributed by atoms with Crippen molar-refractivity contribution in [2.75, 3.05) is 6.61 Å². The number of hydrogen-bond donors (Lipinski definition) is 3. The second kappa shape index (κ2) is 10.4. The summed E-state index contributed by atoms with van der Waals surface area (Å²) in [6, 6.07) is 13.3. The number of carbonyl (C=O) groups excluding carboxylic acids is 1. The third kappa shape index (κ3) is 5.42. The minimum atomic E-state index is -0.387. The maximum absolute atomic E-state index is 13.1. The van der Waals surface area contributed by atoms with Crippen LogP contribution in [-0.2, 0) is 11.3 Å². The molecule has 3 rings (SSSR count). The molecule has 1 atom stereocenters. The molecule has 0 bridgehead atoms. The molecule has 5 nitrogen and oxygen atoms in total. The molecule has 0 saturated heterocycles. The lowest BCUT2D eigenvalue weighted by Gasteiger charge is -2.31. The number of carbonyl (C=O) groups is 1. The summed E-state index contributed by atoms with van der Waals surface area (Å²) < 4.78 is 7.45. The average molecular weight is 553 g/mol. The highest BCUT2D eigenvalue weighted by Crippen LogP contribution is 2.38. The first-order chi connectivity index (χ1) is 14.4. The average Bonchev–Trinajstić information content (AvgIpc) is 2.71. The third-order valence-electron chi connectivity index (χ3n) is 4.61. The van der Waals surface area contributed by atoms with Crippen LogP contribution in [0.15, 0.2) is 62.7 Å². The van der Waals surface area contributed by atoms with Crippen LogP contribution in [-0.4, -0.2) is 17.6 Å². The molecule has 1 amide bonds. The van der Waals surface area contributed by atoms with Crippen molar-refractivity contribution in [1.29, 1.82) is 0 Å². The standard InChI is InChI=1S/C22H23Br2N3O2S/c1-3-9-29-20-16(23)10-15(11-17(20)24)19-18(13(2)26-22(30)27-19)21(28)25-12-14-7-5-4-6-8-14/h4-8,10-11,19H,3,9,12H2,1-2H3,(H,25,28)(H2,26,27,30)/t19-/m0/s1. The second-order valence-corrected chi connectivity index (χ2v) is 9.02. The van der Waals surface area contributed by atoms with Crippen LogP contribution in [0.25, 0.3) is 0 Å². The summed E-state index contributed by atoms with van der Waals surface area (Å²) >= 11 is 12.5. The van der Waals surface area contributed by atoms with Crippen LogP contribution in [0.2, 0.25) is 0 Å². The van der Waals surface area contributed by atoms with Gasteiger partial charge in [-0.25, -0.2) is 0 Å². The number of ether oxygens (including phenoxy) is 1. The first-order valence-electron chi connectivity index (χ1n) is 9.62. The Labute approximate surface area is 198 Å². The molecule has 2 aromatic rings. The van der Waals surface area contributed by atoms with Crippen LogP contribution in [0.1, 0.15) is 37.4 Å². The number of rotatable bonds is 7. The Kier molecular flexibility index (Phi) is 7.91. The molecular weight excluding hydrogens is 530 g/mol. The quantitative estimate of drug-likeness (QED) is 0.417. The van der Waals surface area contributed by atoms with E-state index in [0.29, 0.717) is 23.8 Å². The maximum atomic E-state index is 13.1. The fraction of sp³-hybridized carbons (Fsp3) is 0.273. The van der Waals surface area contributed by atoms with E-state index >= 15 is 0 Å². The predicted octanol–water partition coefficient (Wildman–Crippen LogP) is 5.11. The van der Waals surface area contributed by atoms with E-state index in [1.807, 2.05) is 49.4 Å². The van der Waals surface area contributed by atoms with Crippen molar-refractivity contribution >= 4 is 55.1 Å². The molecule has 1 aliphatic heterocycles. The van der Waals surface area contributed by atoms with Gasteiger partial charge < -0.3 is 20.7 Å². The summed E-state index contributed by atoms with van der Waals surface area (Å²) in [5, 5.41) is 9.79. The van der Waals surface area contributed by atoms with Gasteiger partial charge in [0.2, 0.25) is 0 Å². The lowest BCUT2D eigenvalue weighted by atomic mass is 9.95. The molecule has 30 heavy (non-hydrogen) atoms. The van der Waals surface area contributed by atoms with Crippen LogP contribution >= 0.6 is 44.1 Å². The minimum Gasteiger partial charge on any atom is -0.491 e. The van der Waals surface area contributed by atoms with E-state index in [9.17, 15) is 4.79 Å².